The van der Waals surface area contributed by atoms with Crippen LogP contribution in [0.4, 0.5) is 22.7 Å². The molecule has 0 fully saturated rings. The first kappa shape index (κ1) is 24.3. The van der Waals surface area contributed by atoms with Crippen LogP contribution in [-0.2, 0) is 9.47 Å². The van der Waals surface area contributed by atoms with Crippen LogP contribution in [0, 0.1) is 40.5 Å². The van der Waals surface area contributed by atoms with Gasteiger partial charge in [-0.1, -0.05) is 0 Å². The molecule has 0 atom stereocenters. The minimum absolute atomic E-state index is 0.0779. The Labute approximate surface area is 181 Å². The van der Waals surface area contributed by atoms with Gasteiger partial charge < -0.3 is 9.47 Å². The highest BCUT2D eigenvalue weighted by atomic mass is 16.6. The Bertz CT molecular complexity index is 1010. The molecule has 0 amide bonds. The fourth-order valence-corrected chi connectivity index (χ4v) is 2.40. The van der Waals surface area contributed by atoms with Crippen LogP contribution in [0.3, 0.4) is 0 Å². The van der Waals surface area contributed by atoms with Crippen LogP contribution in [-0.4, -0.2) is 44.8 Å². The predicted molar refractivity (Wildman–Crippen MR) is 105 cm³/mol. The van der Waals surface area contributed by atoms with Crippen molar-refractivity contribution < 1.29 is 38.8 Å². The van der Waals surface area contributed by atoms with Gasteiger partial charge in [-0.05, 0) is 0 Å². The van der Waals surface area contributed by atoms with Gasteiger partial charge >= 0.3 is 11.9 Å². The molecule has 0 heterocycles. The SMILES string of the molecule is O=C(OCCCOC(=O)c1cc([N+](=O)[O-])cc([N+](=O)[O-])c1)c1cc([N+](=O)[O-])cc([N+](=O)[O-])c1. The first-order chi connectivity index (χ1) is 15.5. The first-order valence-electron chi connectivity index (χ1n) is 8.71. The standard InChI is InChI=1S/C17H12N4O12/c22-16(10-4-12(18(24)25)8-13(5-10)19(26)27)32-2-1-3-33-17(23)11-6-14(20(28)29)9-15(7-11)21(30)31/h4-9H,1-3H2. The predicted octanol–water partition coefficient (Wildman–Crippen LogP) is 2.72. The molecule has 16 heteroatoms. The van der Waals surface area contributed by atoms with Gasteiger partial charge in [0, 0.05) is 30.7 Å². The Kier molecular flexibility index (Phi) is 7.59. The molecule has 33 heavy (non-hydrogen) atoms. The number of nitro benzene ring substituents is 4. The summed E-state index contributed by atoms with van der Waals surface area (Å²) >= 11 is 0. The van der Waals surface area contributed by atoms with E-state index in [1.54, 1.807) is 0 Å². The molecule has 0 aliphatic carbocycles. The second-order valence-electron chi connectivity index (χ2n) is 6.13. The van der Waals surface area contributed by atoms with Crippen molar-refractivity contribution in [1.82, 2.24) is 0 Å². The number of hydrogen-bond acceptors (Lipinski definition) is 12. The van der Waals surface area contributed by atoms with E-state index >= 15 is 0 Å². The average Bonchev–Trinajstić information content (AvgIpc) is 2.77. The van der Waals surface area contributed by atoms with Gasteiger partial charge in [0.1, 0.15) is 0 Å². The molecule has 2 aromatic carbocycles. The zero-order valence-electron chi connectivity index (χ0n) is 16.3. The third kappa shape index (κ3) is 6.48. The summed E-state index contributed by atoms with van der Waals surface area (Å²) in [5.74, 6) is -2.19. The summed E-state index contributed by atoms with van der Waals surface area (Å²) in [5, 5.41) is 43.4. The molecule has 172 valence electrons. The van der Waals surface area contributed by atoms with Gasteiger partial charge in [0.05, 0.1) is 56.2 Å². The van der Waals surface area contributed by atoms with Crippen molar-refractivity contribution in [1.29, 1.82) is 0 Å². The van der Waals surface area contributed by atoms with Crippen LogP contribution in [0.2, 0.25) is 0 Å². The normalized spacial score (nSPS) is 10.2. The number of ether oxygens (including phenoxy) is 2. The summed E-state index contributed by atoms with van der Waals surface area (Å²) in [4.78, 5) is 63.8. The number of non-ortho nitro benzene ring substituents is 4. The highest BCUT2D eigenvalue weighted by molar-refractivity contribution is 5.91. The van der Waals surface area contributed by atoms with Crippen molar-refractivity contribution in [3.63, 3.8) is 0 Å². The molecule has 2 aromatic rings. The van der Waals surface area contributed by atoms with Gasteiger partial charge in [-0.3, -0.25) is 40.5 Å². The van der Waals surface area contributed by atoms with Crippen molar-refractivity contribution in [3.05, 3.63) is 88.0 Å². The first-order valence-corrected chi connectivity index (χ1v) is 8.71. The highest BCUT2D eigenvalue weighted by Gasteiger charge is 2.22. The molecular formula is C17H12N4O12. The van der Waals surface area contributed by atoms with E-state index in [0.717, 1.165) is 24.3 Å². The largest absolute Gasteiger partial charge is 0.462 e. The lowest BCUT2D eigenvalue weighted by atomic mass is 10.2. The van der Waals surface area contributed by atoms with E-state index in [2.05, 4.69) is 0 Å². The van der Waals surface area contributed by atoms with Crippen LogP contribution in [0.25, 0.3) is 0 Å². The van der Waals surface area contributed by atoms with E-state index < -0.39 is 65.5 Å². The average molecular weight is 464 g/mol. The van der Waals surface area contributed by atoms with E-state index in [-0.39, 0.29) is 19.6 Å². The van der Waals surface area contributed by atoms with Crippen LogP contribution in [0.1, 0.15) is 27.1 Å². The number of nitrogens with zero attached hydrogens (tertiary/aromatic N) is 4. The molecular weight excluding hydrogens is 452 g/mol. The van der Waals surface area contributed by atoms with Crippen LogP contribution in [0.5, 0.6) is 0 Å². The lowest BCUT2D eigenvalue weighted by Crippen LogP contribution is -2.12. The molecule has 0 spiro atoms. The molecule has 0 saturated heterocycles. The summed E-state index contributed by atoms with van der Waals surface area (Å²) in [6, 6.07) is 4.53. The fourth-order valence-electron chi connectivity index (χ4n) is 2.40. The zero-order valence-corrected chi connectivity index (χ0v) is 16.3. The quantitative estimate of drug-likeness (QED) is 0.214. The van der Waals surface area contributed by atoms with Gasteiger partial charge in [0.2, 0.25) is 0 Å². The van der Waals surface area contributed by atoms with E-state index in [0.29, 0.717) is 12.1 Å². The number of hydrogen-bond donors (Lipinski definition) is 0. The van der Waals surface area contributed by atoms with Crippen LogP contribution < -0.4 is 0 Å². The zero-order chi connectivity index (χ0) is 24.7. The number of nitro groups is 4. The maximum absolute atomic E-state index is 12.0. The van der Waals surface area contributed by atoms with Gasteiger partial charge in [0.15, 0.2) is 0 Å². The Morgan fingerprint density at radius 2 is 0.848 bits per heavy atom. The summed E-state index contributed by atoms with van der Waals surface area (Å²) < 4.78 is 9.66. The summed E-state index contributed by atoms with van der Waals surface area (Å²) in [6.07, 6.45) is -0.0779. The van der Waals surface area contributed by atoms with Gasteiger partial charge in [-0.2, -0.15) is 0 Å². The van der Waals surface area contributed by atoms with E-state index in [1.165, 1.54) is 0 Å². The Hall–Kier alpha value is -5.02. The van der Waals surface area contributed by atoms with Gasteiger partial charge in [-0.25, -0.2) is 9.59 Å². The van der Waals surface area contributed by atoms with Crippen molar-refractivity contribution in [3.8, 4) is 0 Å². The molecule has 16 nitrogen and oxygen atoms in total. The Morgan fingerprint density at radius 1 is 0.576 bits per heavy atom. The monoisotopic (exact) mass is 464 g/mol. The fraction of sp³-hybridized carbons (Fsp3) is 0.176. The maximum atomic E-state index is 12.0. The molecule has 0 aliphatic heterocycles. The molecule has 0 aliphatic rings. The molecule has 0 radical (unpaired) electrons. The maximum Gasteiger partial charge on any atom is 0.338 e. The summed E-state index contributed by atoms with van der Waals surface area (Å²) in [7, 11) is 0. The molecule has 2 rings (SSSR count). The van der Waals surface area contributed by atoms with Crippen molar-refractivity contribution in [2.75, 3.05) is 13.2 Å². The number of benzene rings is 2. The van der Waals surface area contributed by atoms with E-state index in [4.69, 9.17) is 9.47 Å². The lowest BCUT2D eigenvalue weighted by Gasteiger charge is -2.07. The number of carbonyl (C=O) groups excluding carboxylic acids is 2. The minimum Gasteiger partial charge on any atom is -0.462 e. The van der Waals surface area contributed by atoms with Gasteiger partial charge in [-0.15, -0.1) is 0 Å². The Morgan fingerprint density at radius 3 is 1.09 bits per heavy atom. The summed E-state index contributed by atoms with van der Waals surface area (Å²) in [5.41, 5.74) is -3.60. The minimum atomic E-state index is -1.09. The highest BCUT2D eigenvalue weighted by Crippen LogP contribution is 2.24. The Balaban J connectivity index is 1.95. The lowest BCUT2D eigenvalue weighted by molar-refractivity contribution is -0.394. The number of rotatable bonds is 10. The molecule has 0 N–H and O–H groups in total. The molecule has 0 saturated carbocycles. The third-order valence-electron chi connectivity index (χ3n) is 3.87. The number of carbonyl (C=O) groups is 2. The third-order valence-corrected chi connectivity index (χ3v) is 3.87. The molecule has 0 aromatic heterocycles. The van der Waals surface area contributed by atoms with E-state index in [1.807, 2.05) is 0 Å². The topological polar surface area (TPSA) is 225 Å². The van der Waals surface area contributed by atoms with Crippen LogP contribution >= 0.6 is 0 Å². The van der Waals surface area contributed by atoms with Crippen molar-refractivity contribution in [2.45, 2.75) is 6.42 Å². The second-order valence-corrected chi connectivity index (χ2v) is 6.13. The van der Waals surface area contributed by atoms with Crippen molar-refractivity contribution in [2.24, 2.45) is 0 Å². The number of esters is 2. The van der Waals surface area contributed by atoms with Gasteiger partial charge in [0.25, 0.3) is 22.7 Å². The van der Waals surface area contributed by atoms with E-state index in [9.17, 15) is 50.0 Å². The molecule has 0 unspecified atom stereocenters. The van der Waals surface area contributed by atoms with Crippen LogP contribution in [0.15, 0.2) is 36.4 Å². The van der Waals surface area contributed by atoms with Crippen molar-refractivity contribution >= 4 is 34.7 Å². The molecule has 0 bridgehead atoms. The smallest absolute Gasteiger partial charge is 0.338 e. The second kappa shape index (κ2) is 10.3. The summed E-state index contributed by atoms with van der Waals surface area (Å²) in [6.45, 7) is -0.699.